The van der Waals surface area contributed by atoms with E-state index in [1.807, 2.05) is 0 Å². The van der Waals surface area contributed by atoms with Crippen LogP contribution in [0.15, 0.2) is 36.4 Å². The van der Waals surface area contributed by atoms with Crippen LogP contribution in [0, 0.1) is 11.6 Å². The van der Waals surface area contributed by atoms with Crippen molar-refractivity contribution in [3.63, 3.8) is 0 Å². The van der Waals surface area contributed by atoms with Crippen LogP contribution in [0.1, 0.15) is 39.4 Å². The average molecular weight is 327 g/mol. The van der Waals surface area contributed by atoms with Gasteiger partial charge in [-0.3, -0.25) is 4.79 Å². The van der Waals surface area contributed by atoms with E-state index in [1.165, 1.54) is 12.1 Å². The van der Waals surface area contributed by atoms with Gasteiger partial charge in [-0.1, -0.05) is 12.1 Å². The Bertz CT molecular complexity index is 734. The van der Waals surface area contributed by atoms with E-state index in [9.17, 15) is 27.5 Å². The van der Waals surface area contributed by atoms with Crippen LogP contribution in [0.25, 0.3) is 0 Å². The lowest BCUT2D eigenvalue weighted by Crippen LogP contribution is -2.17. The average Bonchev–Trinajstić information content (AvgIpc) is 2.48. The maximum Gasteiger partial charge on any atom is 0.263 e. The normalized spacial score (nSPS) is 12.4. The molecule has 0 spiro atoms. The highest BCUT2D eigenvalue weighted by atomic mass is 19.3. The van der Waals surface area contributed by atoms with E-state index < -0.39 is 47.6 Å². The molecule has 2 rings (SSSR count). The molecule has 0 saturated carbocycles. The summed E-state index contributed by atoms with van der Waals surface area (Å²) in [7, 11) is 0. The fraction of sp³-hybridized carbons (Fsp3) is 0.188. The summed E-state index contributed by atoms with van der Waals surface area (Å²) in [5, 5.41) is 9.51. The van der Waals surface area contributed by atoms with Crippen LogP contribution in [0.5, 0.6) is 0 Å². The number of aliphatic hydroxyl groups is 1. The molecular formula is C16H13F4NO2. The fourth-order valence-corrected chi connectivity index (χ4v) is 2.36. The SMILES string of the molecule is NC(=O)c1cccc([C@@H](CO)c2cc(F)cc(C(F)F)c2)c1F. The lowest BCUT2D eigenvalue weighted by atomic mass is 9.89. The monoisotopic (exact) mass is 327 g/mol. The van der Waals surface area contributed by atoms with Gasteiger partial charge < -0.3 is 10.8 Å². The third-order valence-corrected chi connectivity index (χ3v) is 3.45. The van der Waals surface area contributed by atoms with Crippen LogP contribution < -0.4 is 5.73 Å². The summed E-state index contributed by atoms with van der Waals surface area (Å²) in [4.78, 5) is 11.2. The number of aliphatic hydroxyl groups excluding tert-OH is 1. The second kappa shape index (κ2) is 6.78. The minimum absolute atomic E-state index is 0.0247. The number of halogens is 4. The molecule has 0 aromatic heterocycles. The third-order valence-electron chi connectivity index (χ3n) is 3.45. The summed E-state index contributed by atoms with van der Waals surface area (Å²) in [5.74, 6) is -4.01. The summed E-state index contributed by atoms with van der Waals surface area (Å²) < 4.78 is 53.4. The Balaban J connectivity index is 2.57. The lowest BCUT2D eigenvalue weighted by molar-refractivity contribution is 0.0996. The van der Waals surface area contributed by atoms with Crippen molar-refractivity contribution in [2.45, 2.75) is 12.3 Å². The second-order valence-electron chi connectivity index (χ2n) is 4.93. The molecule has 0 radical (unpaired) electrons. The van der Waals surface area contributed by atoms with Gasteiger partial charge in [-0.25, -0.2) is 17.6 Å². The molecule has 122 valence electrons. The highest BCUT2D eigenvalue weighted by Crippen LogP contribution is 2.31. The molecule has 0 heterocycles. The van der Waals surface area contributed by atoms with E-state index in [2.05, 4.69) is 0 Å². The number of carbonyl (C=O) groups excluding carboxylic acids is 1. The second-order valence-corrected chi connectivity index (χ2v) is 4.93. The largest absolute Gasteiger partial charge is 0.395 e. The van der Waals surface area contributed by atoms with Gasteiger partial charge in [-0.15, -0.1) is 0 Å². The molecule has 7 heteroatoms. The van der Waals surface area contributed by atoms with Gasteiger partial charge in [0.15, 0.2) is 0 Å². The highest BCUT2D eigenvalue weighted by Gasteiger charge is 2.23. The number of benzene rings is 2. The Morgan fingerprint density at radius 2 is 1.78 bits per heavy atom. The molecule has 3 nitrogen and oxygen atoms in total. The standard InChI is InChI=1S/C16H13F4NO2/c17-10-5-8(4-9(6-10)15(19)20)13(7-22)11-2-1-3-12(14(11)18)16(21)23/h1-6,13,15,22H,7H2,(H2,21,23)/t13-/m0/s1. The maximum atomic E-state index is 14.4. The van der Waals surface area contributed by atoms with Crippen molar-refractivity contribution in [2.24, 2.45) is 5.73 Å². The number of hydrogen-bond acceptors (Lipinski definition) is 2. The third kappa shape index (κ3) is 3.50. The van der Waals surface area contributed by atoms with E-state index >= 15 is 0 Å². The predicted octanol–water partition coefficient (Wildman–Crippen LogP) is 3.13. The maximum absolute atomic E-state index is 14.4. The Morgan fingerprint density at radius 1 is 1.13 bits per heavy atom. The van der Waals surface area contributed by atoms with Crippen LogP contribution in [0.2, 0.25) is 0 Å². The van der Waals surface area contributed by atoms with Gasteiger partial charge >= 0.3 is 0 Å². The number of hydrogen-bond donors (Lipinski definition) is 2. The van der Waals surface area contributed by atoms with E-state index in [-0.39, 0.29) is 11.1 Å². The fourth-order valence-electron chi connectivity index (χ4n) is 2.36. The zero-order valence-electron chi connectivity index (χ0n) is 11.8. The number of alkyl halides is 2. The smallest absolute Gasteiger partial charge is 0.263 e. The summed E-state index contributed by atoms with van der Waals surface area (Å²) in [5.41, 5.74) is 3.92. The minimum atomic E-state index is -2.91. The van der Waals surface area contributed by atoms with Crippen molar-refractivity contribution >= 4 is 5.91 Å². The molecule has 0 aliphatic carbocycles. The molecule has 0 aliphatic rings. The molecule has 0 bridgehead atoms. The van der Waals surface area contributed by atoms with E-state index in [4.69, 9.17) is 5.73 Å². The van der Waals surface area contributed by atoms with Crippen molar-refractivity contribution in [1.82, 2.24) is 0 Å². The first-order valence-corrected chi connectivity index (χ1v) is 6.62. The molecule has 3 N–H and O–H groups in total. The number of rotatable bonds is 5. The molecule has 1 amide bonds. The summed E-state index contributed by atoms with van der Waals surface area (Å²) in [6.07, 6.45) is -2.91. The van der Waals surface area contributed by atoms with Crippen molar-refractivity contribution < 1.29 is 27.5 Å². The zero-order valence-corrected chi connectivity index (χ0v) is 11.8. The van der Waals surface area contributed by atoms with Gasteiger partial charge in [0.2, 0.25) is 0 Å². The van der Waals surface area contributed by atoms with E-state index in [1.54, 1.807) is 0 Å². The highest BCUT2D eigenvalue weighted by molar-refractivity contribution is 5.93. The first kappa shape index (κ1) is 17.0. The van der Waals surface area contributed by atoms with E-state index in [0.717, 1.165) is 18.2 Å². The first-order chi connectivity index (χ1) is 10.8. The Labute approximate surface area is 129 Å². The van der Waals surface area contributed by atoms with Crippen molar-refractivity contribution in [3.05, 3.63) is 70.3 Å². The Hall–Kier alpha value is -2.41. The van der Waals surface area contributed by atoms with E-state index in [0.29, 0.717) is 6.07 Å². The van der Waals surface area contributed by atoms with Gasteiger partial charge in [0.1, 0.15) is 11.6 Å². The van der Waals surface area contributed by atoms with Crippen molar-refractivity contribution in [3.8, 4) is 0 Å². The van der Waals surface area contributed by atoms with Gasteiger partial charge in [0, 0.05) is 11.5 Å². The number of primary amides is 1. The zero-order chi connectivity index (χ0) is 17.1. The molecule has 2 aromatic carbocycles. The quantitative estimate of drug-likeness (QED) is 0.829. The lowest BCUT2D eigenvalue weighted by Gasteiger charge is -2.18. The first-order valence-electron chi connectivity index (χ1n) is 6.62. The molecule has 0 aliphatic heterocycles. The van der Waals surface area contributed by atoms with Crippen molar-refractivity contribution in [2.75, 3.05) is 6.61 Å². The molecule has 0 unspecified atom stereocenters. The molecule has 2 aromatic rings. The van der Waals surface area contributed by atoms with Crippen molar-refractivity contribution in [1.29, 1.82) is 0 Å². The van der Waals surface area contributed by atoms with Gasteiger partial charge in [0.25, 0.3) is 12.3 Å². The van der Waals surface area contributed by atoms with Crippen LogP contribution >= 0.6 is 0 Å². The summed E-state index contributed by atoms with van der Waals surface area (Å²) in [6.45, 7) is -0.661. The molecule has 23 heavy (non-hydrogen) atoms. The molecular weight excluding hydrogens is 314 g/mol. The number of nitrogens with two attached hydrogens (primary N) is 1. The number of carbonyl (C=O) groups is 1. The molecule has 1 atom stereocenters. The van der Waals surface area contributed by atoms with Crippen LogP contribution in [0.4, 0.5) is 17.6 Å². The van der Waals surface area contributed by atoms with Gasteiger partial charge in [0.05, 0.1) is 12.2 Å². The van der Waals surface area contributed by atoms with Gasteiger partial charge in [-0.2, -0.15) is 0 Å². The van der Waals surface area contributed by atoms with Crippen LogP contribution in [0.3, 0.4) is 0 Å². The summed E-state index contributed by atoms with van der Waals surface area (Å²) in [6, 6.07) is 6.36. The van der Waals surface area contributed by atoms with Crippen LogP contribution in [-0.2, 0) is 0 Å². The molecule has 0 saturated heterocycles. The Morgan fingerprint density at radius 3 is 2.35 bits per heavy atom. The number of amides is 1. The van der Waals surface area contributed by atoms with Crippen LogP contribution in [-0.4, -0.2) is 17.6 Å². The van der Waals surface area contributed by atoms with Gasteiger partial charge in [-0.05, 0) is 35.4 Å². The minimum Gasteiger partial charge on any atom is -0.395 e. The Kier molecular flexibility index (Phi) is 5.00. The molecule has 0 fully saturated rings. The topological polar surface area (TPSA) is 63.3 Å². The predicted molar refractivity (Wildman–Crippen MR) is 75.2 cm³/mol. The summed E-state index contributed by atoms with van der Waals surface area (Å²) >= 11 is 0.